The number of fused-ring (bicyclic) bond motifs is 3. The Morgan fingerprint density at radius 3 is 2.75 bits per heavy atom. The van der Waals surface area contributed by atoms with Crippen LogP contribution in [0.15, 0.2) is 30.4 Å². The lowest BCUT2D eigenvalue weighted by atomic mass is 9.78. The smallest absolute Gasteiger partial charge is 0.418 e. The summed E-state index contributed by atoms with van der Waals surface area (Å²) in [6, 6.07) is 2.81. The second-order valence-electron chi connectivity index (χ2n) is 5.06. The Morgan fingerprint density at radius 2 is 2.10 bits per heavy atom. The lowest BCUT2D eigenvalue weighted by molar-refractivity contribution is -0.308. The first-order valence-corrected chi connectivity index (χ1v) is 6.24. The van der Waals surface area contributed by atoms with Gasteiger partial charge in [0.2, 0.25) is 0 Å². The Morgan fingerprint density at radius 1 is 1.35 bits per heavy atom. The third-order valence-corrected chi connectivity index (χ3v) is 3.96. The van der Waals surface area contributed by atoms with Gasteiger partial charge in [0.05, 0.1) is 23.3 Å². The summed E-state index contributed by atoms with van der Waals surface area (Å²) >= 11 is 0. The fraction of sp³-hybridized carbons (Fsp3) is 0.357. The summed E-state index contributed by atoms with van der Waals surface area (Å²) in [5, 5.41) is 13.7. The zero-order valence-electron chi connectivity index (χ0n) is 10.3. The molecular formula is C14H11F3NO2-. The molecule has 0 aromatic heterocycles. The standard InChI is InChI=1S/C14H12F3NO2/c15-14(16,17)10-6-2-5-8-7-3-1-4-9(7)12(13(19)20)18-11(8)10/h1-3,5-7,9,12,18H,4H2,(H,19,20)/p-1/t7-,9-,12+/m1/s1. The van der Waals surface area contributed by atoms with Gasteiger partial charge in [-0.25, -0.2) is 0 Å². The highest BCUT2D eigenvalue weighted by molar-refractivity contribution is 5.80. The van der Waals surface area contributed by atoms with Gasteiger partial charge in [0.15, 0.2) is 0 Å². The van der Waals surface area contributed by atoms with Crippen molar-refractivity contribution in [2.24, 2.45) is 5.92 Å². The molecule has 3 atom stereocenters. The maximum absolute atomic E-state index is 13.0. The molecule has 20 heavy (non-hydrogen) atoms. The number of hydrogen-bond donors (Lipinski definition) is 1. The predicted molar refractivity (Wildman–Crippen MR) is 63.8 cm³/mol. The van der Waals surface area contributed by atoms with Crippen molar-refractivity contribution in [2.75, 3.05) is 5.32 Å². The summed E-state index contributed by atoms with van der Waals surface area (Å²) in [6.45, 7) is 0. The fourth-order valence-corrected chi connectivity index (χ4v) is 3.09. The number of para-hydroxylation sites is 1. The highest BCUT2D eigenvalue weighted by Gasteiger charge is 2.42. The first-order chi connectivity index (χ1) is 9.39. The molecule has 3 rings (SSSR count). The molecule has 6 heteroatoms. The van der Waals surface area contributed by atoms with Gasteiger partial charge in [0.1, 0.15) is 0 Å². The molecule has 0 amide bonds. The van der Waals surface area contributed by atoms with Crippen molar-refractivity contribution in [1.29, 1.82) is 0 Å². The van der Waals surface area contributed by atoms with Gasteiger partial charge < -0.3 is 15.2 Å². The van der Waals surface area contributed by atoms with Crippen LogP contribution in [-0.2, 0) is 11.0 Å². The van der Waals surface area contributed by atoms with Gasteiger partial charge >= 0.3 is 6.18 Å². The molecule has 1 heterocycles. The van der Waals surface area contributed by atoms with E-state index in [1.165, 1.54) is 6.07 Å². The van der Waals surface area contributed by atoms with E-state index in [4.69, 9.17) is 0 Å². The van der Waals surface area contributed by atoms with Crippen LogP contribution in [0, 0.1) is 5.92 Å². The van der Waals surface area contributed by atoms with Crippen LogP contribution in [0.25, 0.3) is 0 Å². The predicted octanol–water partition coefficient (Wildman–Crippen LogP) is 1.91. The molecule has 0 bridgehead atoms. The molecule has 2 aliphatic rings. The number of carboxylic acids is 1. The number of hydrogen-bond acceptors (Lipinski definition) is 3. The van der Waals surface area contributed by atoms with Gasteiger partial charge in [-0.1, -0.05) is 24.3 Å². The average molecular weight is 282 g/mol. The summed E-state index contributed by atoms with van der Waals surface area (Å²) in [5.74, 6) is -1.97. The van der Waals surface area contributed by atoms with Crippen molar-refractivity contribution < 1.29 is 23.1 Å². The molecule has 1 aliphatic carbocycles. The number of benzene rings is 1. The van der Waals surface area contributed by atoms with Crippen LogP contribution in [0.4, 0.5) is 18.9 Å². The molecule has 1 N–H and O–H groups in total. The van der Waals surface area contributed by atoms with Gasteiger partial charge in [0.25, 0.3) is 0 Å². The van der Waals surface area contributed by atoms with Crippen molar-refractivity contribution in [3.8, 4) is 0 Å². The zero-order valence-corrected chi connectivity index (χ0v) is 10.3. The molecule has 0 spiro atoms. The highest BCUT2D eigenvalue weighted by atomic mass is 19.4. The number of carbonyl (C=O) groups excluding carboxylic acids is 1. The van der Waals surface area contributed by atoms with Crippen LogP contribution in [-0.4, -0.2) is 12.0 Å². The van der Waals surface area contributed by atoms with Gasteiger partial charge in [-0.15, -0.1) is 0 Å². The third kappa shape index (κ3) is 1.87. The van der Waals surface area contributed by atoms with Gasteiger partial charge in [-0.2, -0.15) is 13.2 Å². The zero-order chi connectivity index (χ0) is 14.5. The second-order valence-corrected chi connectivity index (χ2v) is 5.06. The van der Waals surface area contributed by atoms with Crippen LogP contribution in [0.5, 0.6) is 0 Å². The number of allylic oxidation sites excluding steroid dienone is 2. The number of anilines is 1. The molecule has 0 saturated carbocycles. The van der Waals surface area contributed by atoms with E-state index in [2.05, 4.69) is 5.32 Å². The Hall–Kier alpha value is -1.98. The SMILES string of the molecule is O=C([O-])[C@H]1Nc2c(cccc2C(F)(F)F)[C@H]2C=CC[C@@H]12. The molecule has 106 valence electrons. The number of halogens is 3. The number of carbonyl (C=O) groups is 1. The van der Waals surface area contributed by atoms with E-state index in [-0.39, 0.29) is 17.5 Å². The Labute approximate surface area is 113 Å². The van der Waals surface area contributed by atoms with Crippen molar-refractivity contribution in [3.05, 3.63) is 41.5 Å². The van der Waals surface area contributed by atoms with E-state index in [0.29, 0.717) is 12.0 Å². The summed E-state index contributed by atoms with van der Waals surface area (Å²) in [6.07, 6.45) is -0.418. The second kappa shape index (κ2) is 4.26. The summed E-state index contributed by atoms with van der Waals surface area (Å²) in [7, 11) is 0. The molecule has 0 saturated heterocycles. The number of aliphatic carboxylic acids is 1. The van der Waals surface area contributed by atoms with E-state index >= 15 is 0 Å². The number of nitrogens with one attached hydrogen (secondary N) is 1. The normalized spacial score (nSPS) is 27.6. The van der Waals surface area contributed by atoms with E-state index in [1.807, 2.05) is 6.08 Å². The summed E-state index contributed by atoms with van der Waals surface area (Å²) in [4.78, 5) is 11.2. The van der Waals surface area contributed by atoms with Crippen LogP contribution in [0.1, 0.15) is 23.5 Å². The molecule has 1 aromatic rings. The third-order valence-electron chi connectivity index (χ3n) is 3.96. The Kier molecular flexibility index (Phi) is 2.77. The van der Waals surface area contributed by atoms with Crippen molar-refractivity contribution in [2.45, 2.75) is 24.6 Å². The van der Waals surface area contributed by atoms with Crippen LogP contribution < -0.4 is 10.4 Å². The van der Waals surface area contributed by atoms with Crippen molar-refractivity contribution in [3.63, 3.8) is 0 Å². The molecular weight excluding hydrogens is 271 g/mol. The minimum absolute atomic E-state index is 0.137. The first-order valence-electron chi connectivity index (χ1n) is 6.24. The van der Waals surface area contributed by atoms with E-state index in [1.54, 1.807) is 12.1 Å². The van der Waals surface area contributed by atoms with E-state index < -0.39 is 23.8 Å². The highest BCUT2D eigenvalue weighted by Crippen LogP contribution is 2.48. The molecule has 3 nitrogen and oxygen atoms in total. The lowest BCUT2D eigenvalue weighted by Crippen LogP contribution is -2.49. The first kappa shape index (κ1) is 13.0. The monoisotopic (exact) mass is 282 g/mol. The summed E-state index contributed by atoms with van der Waals surface area (Å²) < 4.78 is 39.1. The van der Waals surface area contributed by atoms with Crippen LogP contribution in [0.2, 0.25) is 0 Å². The maximum Gasteiger partial charge on any atom is 0.418 e. The summed E-state index contributed by atoms with van der Waals surface area (Å²) in [5.41, 5.74) is -0.474. The van der Waals surface area contributed by atoms with E-state index in [9.17, 15) is 23.1 Å². The van der Waals surface area contributed by atoms with Crippen LogP contribution >= 0.6 is 0 Å². The average Bonchev–Trinajstić information content (AvgIpc) is 2.84. The molecule has 0 radical (unpaired) electrons. The molecule has 1 aromatic carbocycles. The van der Waals surface area contributed by atoms with E-state index in [0.717, 1.165) is 6.07 Å². The minimum Gasteiger partial charge on any atom is -0.548 e. The topological polar surface area (TPSA) is 52.2 Å². The Bertz CT molecular complexity index is 595. The Balaban J connectivity index is 2.15. The largest absolute Gasteiger partial charge is 0.548 e. The van der Waals surface area contributed by atoms with Crippen molar-refractivity contribution >= 4 is 11.7 Å². The maximum atomic E-state index is 13.0. The number of alkyl halides is 3. The van der Waals surface area contributed by atoms with Gasteiger partial charge in [0, 0.05) is 5.92 Å². The van der Waals surface area contributed by atoms with Gasteiger partial charge in [-0.3, -0.25) is 0 Å². The lowest BCUT2D eigenvalue weighted by Gasteiger charge is -2.38. The molecule has 0 unspecified atom stereocenters. The quantitative estimate of drug-likeness (QED) is 0.800. The number of rotatable bonds is 1. The fourth-order valence-electron chi connectivity index (χ4n) is 3.09. The minimum atomic E-state index is -4.52. The van der Waals surface area contributed by atoms with Crippen LogP contribution in [0.3, 0.4) is 0 Å². The molecule has 1 aliphatic heterocycles. The molecule has 0 fully saturated rings. The van der Waals surface area contributed by atoms with Gasteiger partial charge in [-0.05, 0) is 24.0 Å². The van der Waals surface area contributed by atoms with Crippen molar-refractivity contribution in [1.82, 2.24) is 0 Å². The number of carboxylic acid groups (broad SMARTS) is 1.